The number of aliphatic hydroxyl groups excluding tert-OH is 2. The van der Waals surface area contributed by atoms with Gasteiger partial charge in [-0.05, 0) is 0 Å². The molecule has 8 nitrogen and oxygen atoms in total. The molecule has 1 fully saturated rings. The van der Waals surface area contributed by atoms with Gasteiger partial charge in [-0.15, -0.1) is 0 Å². The van der Waals surface area contributed by atoms with Crippen molar-refractivity contribution in [2.45, 2.75) is 24.9 Å². The van der Waals surface area contributed by atoms with Crippen molar-refractivity contribution in [2.24, 2.45) is 0 Å². The topological polar surface area (TPSA) is 103 Å². The van der Waals surface area contributed by atoms with Crippen LogP contribution in [0.25, 0.3) is 11.2 Å². The second kappa shape index (κ2) is 4.72. The van der Waals surface area contributed by atoms with Crippen molar-refractivity contribution < 1.29 is 19.7 Å². The Hall–Kier alpha value is -1.77. The summed E-state index contributed by atoms with van der Waals surface area (Å²) in [7, 11) is 1.50. The van der Waals surface area contributed by atoms with Crippen molar-refractivity contribution >= 4 is 11.2 Å². The summed E-state index contributed by atoms with van der Waals surface area (Å²) in [4.78, 5) is 12.3. The molecule has 0 bridgehead atoms. The van der Waals surface area contributed by atoms with Gasteiger partial charge in [-0.1, -0.05) is 0 Å². The summed E-state index contributed by atoms with van der Waals surface area (Å²) in [5.41, 5.74) is 1.03. The largest absolute Gasteiger partial charge is 0.479 e. The fraction of sp³-hybridized carbons (Fsp3) is 0.545. The first-order chi connectivity index (χ1) is 9.24. The Labute approximate surface area is 108 Å². The molecule has 1 saturated heterocycles. The van der Waals surface area contributed by atoms with Crippen molar-refractivity contribution in [3.63, 3.8) is 0 Å². The van der Waals surface area contributed by atoms with Crippen LogP contribution in [0, 0.1) is 0 Å². The summed E-state index contributed by atoms with van der Waals surface area (Å²) in [6.07, 6.45) is 1.57. The van der Waals surface area contributed by atoms with Gasteiger partial charge in [0.15, 0.2) is 17.4 Å². The quantitative estimate of drug-likeness (QED) is 0.770. The average Bonchev–Trinajstić information content (AvgIpc) is 3.01. The predicted octanol–water partition coefficient (Wildman–Crippen LogP) is -0.524. The van der Waals surface area contributed by atoms with Crippen molar-refractivity contribution in [2.75, 3.05) is 13.7 Å². The van der Waals surface area contributed by atoms with Gasteiger partial charge >= 0.3 is 0 Å². The highest BCUT2D eigenvalue weighted by Crippen LogP contribution is 2.31. The lowest BCUT2D eigenvalue weighted by Gasteiger charge is -2.16. The van der Waals surface area contributed by atoms with E-state index in [2.05, 4.69) is 15.0 Å². The summed E-state index contributed by atoms with van der Waals surface area (Å²) in [5, 5.41) is 19.1. The molecular weight excluding hydrogens is 252 g/mol. The zero-order valence-electron chi connectivity index (χ0n) is 10.3. The van der Waals surface area contributed by atoms with Gasteiger partial charge in [-0.2, -0.15) is 4.98 Å². The van der Waals surface area contributed by atoms with Crippen LogP contribution in [-0.2, 0) is 4.74 Å². The van der Waals surface area contributed by atoms with Crippen molar-refractivity contribution in [3.05, 3.63) is 12.7 Å². The first-order valence-corrected chi connectivity index (χ1v) is 5.90. The lowest BCUT2D eigenvalue weighted by Crippen LogP contribution is -2.19. The van der Waals surface area contributed by atoms with E-state index in [0.717, 1.165) is 0 Å². The number of nitrogens with zero attached hydrogens (tertiary/aromatic N) is 4. The van der Waals surface area contributed by atoms with Crippen LogP contribution in [0.2, 0.25) is 0 Å². The number of hydrogen-bond acceptors (Lipinski definition) is 7. The summed E-state index contributed by atoms with van der Waals surface area (Å²) in [6, 6.07) is 0. The van der Waals surface area contributed by atoms with Crippen LogP contribution in [0.1, 0.15) is 12.6 Å². The third kappa shape index (κ3) is 1.93. The first kappa shape index (κ1) is 12.3. The van der Waals surface area contributed by atoms with E-state index in [0.29, 0.717) is 23.5 Å². The molecule has 1 aliphatic heterocycles. The predicted molar refractivity (Wildman–Crippen MR) is 63.5 cm³/mol. The minimum Gasteiger partial charge on any atom is -0.479 e. The number of imidazole rings is 1. The molecule has 2 aromatic rings. The highest BCUT2D eigenvalue weighted by molar-refractivity contribution is 5.75. The van der Waals surface area contributed by atoms with Crippen LogP contribution in [0.5, 0.6) is 5.88 Å². The molecule has 8 heteroatoms. The molecule has 1 aliphatic rings. The van der Waals surface area contributed by atoms with Gasteiger partial charge in [-0.3, -0.25) is 4.57 Å². The molecule has 0 amide bonds. The van der Waals surface area contributed by atoms with E-state index in [1.807, 2.05) is 0 Å². The molecular formula is C11H14N4O4. The highest BCUT2D eigenvalue weighted by Gasteiger charge is 2.36. The van der Waals surface area contributed by atoms with E-state index in [-0.39, 0.29) is 12.7 Å². The molecule has 0 unspecified atom stereocenters. The van der Waals surface area contributed by atoms with Crippen LogP contribution in [0.15, 0.2) is 12.7 Å². The maximum atomic E-state index is 9.99. The van der Waals surface area contributed by atoms with Crippen molar-refractivity contribution in [3.8, 4) is 5.88 Å². The molecule has 0 spiro atoms. The lowest BCUT2D eigenvalue weighted by atomic mass is 10.2. The van der Waals surface area contributed by atoms with Crippen LogP contribution in [0.4, 0.5) is 0 Å². The molecule has 0 aromatic carbocycles. The maximum Gasteiger partial charge on any atom is 0.245 e. The number of fused-ring (bicyclic) bond motifs is 1. The van der Waals surface area contributed by atoms with Crippen LogP contribution >= 0.6 is 0 Å². The first-order valence-electron chi connectivity index (χ1n) is 5.90. The second-order valence-corrected chi connectivity index (χ2v) is 4.34. The number of rotatable bonds is 3. The van der Waals surface area contributed by atoms with Gasteiger partial charge < -0.3 is 19.7 Å². The third-order valence-corrected chi connectivity index (χ3v) is 3.16. The van der Waals surface area contributed by atoms with Gasteiger partial charge in [0.25, 0.3) is 0 Å². The minimum atomic E-state index is -0.712. The molecule has 102 valence electrons. The van der Waals surface area contributed by atoms with Crippen LogP contribution < -0.4 is 4.74 Å². The second-order valence-electron chi connectivity index (χ2n) is 4.34. The van der Waals surface area contributed by atoms with Crippen molar-refractivity contribution in [1.82, 2.24) is 19.5 Å². The monoisotopic (exact) mass is 266 g/mol. The Bertz CT molecular complexity index is 587. The number of methoxy groups -OCH3 is 1. The van der Waals surface area contributed by atoms with Gasteiger partial charge in [0, 0.05) is 6.42 Å². The van der Waals surface area contributed by atoms with E-state index in [9.17, 15) is 5.11 Å². The molecule has 2 N–H and O–H groups in total. The normalized spacial score (nSPS) is 27.0. The van der Waals surface area contributed by atoms with Crippen LogP contribution in [-0.4, -0.2) is 55.7 Å². The Kier molecular flexibility index (Phi) is 3.05. The molecule has 3 atom stereocenters. The van der Waals surface area contributed by atoms with Crippen molar-refractivity contribution in [1.29, 1.82) is 0 Å². The molecule has 0 saturated carbocycles. The molecule has 3 heterocycles. The van der Waals surface area contributed by atoms with Gasteiger partial charge in [0.1, 0.15) is 12.4 Å². The maximum absolute atomic E-state index is 9.99. The SMILES string of the molecule is COc1ncnc2c1ncn2[C@H]1O[C@H](CO)C[C@@H]1O. The fourth-order valence-corrected chi connectivity index (χ4v) is 2.26. The van der Waals surface area contributed by atoms with E-state index in [4.69, 9.17) is 14.6 Å². The number of ether oxygens (including phenoxy) is 2. The zero-order valence-corrected chi connectivity index (χ0v) is 10.3. The Morgan fingerprint density at radius 3 is 3.00 bits per heavy atom. The zero-order chi connectivity index (χ0) is 13.4. The minimum absolute atomic E-state index is 0.126. The molecule has 0 radical (unpaired) electrons. The molecule has 19 heavy (non-hydrogen) atoms. The van der Waals surface area contributed by atoms with Gasteiger partial charge in [0.2, 0.25) is 5.88 Å². The van der Waals surface area contributed by atoms with E-state index >= 15 is 0 Å². The number of hydrogen-bond donors (Lipinski definition) is 2. The van der Waals surface area contributed by atoms with E-state index < -0.39 is 12.3 Å². The summed E-state index contributed by atoms with van der Waals surface area (Å²) in [6.45, 7) is -0.126. The summed E-state index contributed by atoms with van der Waals surface area (Å²) in [5.74, 6) is 0.370. The highest BCUT2D eigenvalue weighted by atomic mass is 16.5. The molecule has 0 aliphatic carbocycles. The summed E-state index contributed by atoms with van der Waals surface area (Å²) < 4.78 is 12.3. The number of aliphatic hydroxyl groups is 2. The molecule has 3 rings (SSSR count). The van der Waals surface area contributed by atoms with Gasteiger partial charge in [-0.25, -0.2) is 9.97 Å². The Morgan fingerprint density at radius 2 is 2.32 bits per heavy atom. The smallest absolute Gasteiger partial charge is 0.245 e. The Balaban J connectivity index is 2.02. The van der Waals surface area contributed by atoms with Gasteiger partial charge in [0.05, 0.1) is 26.1 Å². The fourth-order valence-electron chi connectivity index (χ4n) is 2.26. The average molecular weight is 266 g/mol. The van der Waals surface area contributed by atoms with E-state index in [1.165, 1.54) is 19.8 Å². The van der Waals surface area contributed by atoms with Crippen LogP contribution in [0.3, 0.4) is 0 Å². The standard InChI is InChI=1S/C11H14N4O4/c1-18-10-8-9(12-4-13-10)15(5-14-8)11-7(17)2-6(3-16)19-11/h4-7,11,16-17H,2-3H2,1H3/t6-,7-,11-/m0/s1. The number of aromatic nitrogens is 4. The summed E-state index contributed by atoms with van der Waals surface area (Å²) >= 11 is 0. The van der Waals surface area contributed by atoms with E-state index in [1.54, 1.807) is 4.57 Å². The Morgan fingerprint density at radius 1 is 1.47 bits per heavy atom. The molecule has 2 aromatic heterocycles. The lowest BCUT2D eigenvalue weighted by molar-refractivity contribution is -0.0486. The third-order valence-electron chi connectivity index (χ3n) is 3.16.